The van der Waals surface area contributed by atoms with Gasteiger partial charge in [-0.25, -0.2) is 4.79 Å². The maximum absolute atomic E-state index is 13.6. The molecule has 0 spiro atoms. The number of rotatable bonds is 4. The van der Waals surface area contributed by atoms with Crippen LogP contribution in [0, 0.1) is 0 Å². The third-order valence-corrected chi connectivity index (χ3v) is 5.66. The number of hydrogen-bond donors (Lipinski definition) is 0. The molecule has 0 radical (unpaired) electrons. The predicted octanol–water partition coefficient (Wildman–Crippen LogP) is 5.53. The Morgan fingerprint density at radius 3 is 2.10 bits per heavy atom. The number of pyridine rings is 1. The normalized spacial score (nSPS) is 11.3. The minimum Gasteiger partial charge on any atom is -0.462 e. The Kier molecular flexibility index (Phi) is 4.75. The van der Waals surface area contributed by atoms with Gasteiger partial charge in [0.15, 0.2) is 0 Å². The standard InChI is InChI=1S/C27H21NO3/c1-2-31-27(30)24-16-23-20-13-7-9-15-22(20)26(29)28(17-18-10-4-3-5-11-18)25(23)21-14-8-6-12-19(21)24/h3-16H,2,17H2,1H3. The molecule has 0 saturated heterocycles. The van der Waals surface area contributed by atoms with Crippen molar-refractivity contribution < 1.29 is 9.53 Å². The Labute approximate surface area is 179 Å². The Balaban J connectivity index is 1.96. The summed E-state index contributed by atoms with van der Waals surface area (Å²) in [4.78, 5) is 26.4. The molecule has 5 rings (SSSR count). The Hall–Kier alpha value is -3.92. The molecular weight excluding hydrogens is 386 g/mol. The number of esters is 1. The zero-order valence-electron chi connectivity index (χ0n) is 17.2. The van der Waals surface area contributed by atoms with E-state index in [4.69, 9.17) is 4.74 Å². The lowest BCUT2D eigenvalue weighted by molar-refractivity contribution is 0.0529. The first kappa shape index (κ1) is 19.1. The second kappa shape index (κ2) is 7.73. The number of carbonyl (C=O) groups excluding carboxylic acids is 1. The lowest BCUT2D eigenvalue weighted by atomic mass is 9.96. The highest BCUT2D eigenvalue weighted by molar-refractivity contribution is 6.20. The maximum Gasteiger partial charge on any atom is 0.338 e. The van der Waals surface area contributed by atoms with E-state index in [1.165, 1.54) is 0 Å². The largest absolute Gasteiger partial charge is 0.462 e. The third-order valence-electron chi connectivity index (χ3n) is 5.66. The van der Waals surface area contributed by atoms with Crippen LogP contribution in [0.4, 0.5) is 0 Å². The summed E-state index contributed by atoms with van der Waals surface area (Å²) in [5, 5.41) is 3.98. The van der Waals surface area contributed by atoms with Crippen molar-refractivity contribution in [1.82, 2.24) is 4.57 Å². The van der Waals surface area contributed by atoms with Crippen LogP contribution in [0.15, 0.2) is 89.7 Å². The molecule has 0 aliphatic heterocycles. The Morgan fingerprint density at radius 1 is 0.774 bits per heavy atom. The molecule has 1 heterocycles. The van der Waals surface area contributed by atoms with Gasteiger partial charge in [0.05, 0.1) is 24.2 Å². The van der Waals surface area contributed by atoms with Gasteiger partial charge in [0.25, 0.3) is 5.56 Å². The molecule has 0 aliphatic rings. The lowest BCUT2D eigenvalue weighted by Crippen LogP contribution is -2.22. The highest BCUT2D eigenvalue weighted by atomic mass is 16.5. The molecule has 0 amide bonds. The van der Waals surface area contributed by atoms with Gasteiger partial charge in [0.2, 0.25) is 0 Å². The monoisotopic (exact) mass is 407 g/mol. The van der Waals surface area contributed by atoms with Gasteiger partial charge < -0.3 is 9.30 Å². The van der Waals surface area contributed by atoms with Crippen molar-refractivity contribution in [2.24, 2.45) is 0 Å². The molecule has 152 valence electrons. The van der Waals surface area contributed by atoms with E-state index in [2.05, 4.69) is 0 Å². The summed E-state index contributed by atoms with van der Waals surface area (Å²) >= 11 is 0. The summed E-state index contributed by atoms with van der Waals surface area (Å²) in [6.07, 6.45) is 0. The number of hydrogen-bond acceptors (Lipinski definition) is 3. The molecule has 0 fully saturated rings. The molecule has 0 aliphatic carbocycles. The van der Waals surface area contributed by atoms with Crippen molar-refractivity contribution >= 4 is 38.4 Å². The molecular formula is C27H21NO3. The van der Waals surface area contributed by atoms with Gasteiger partial charge >= 0.3 is 5.97 Å². The van der Waals surface area contributed by atoms with Crippen LogP contribution >= 0.6 is 0 Å². The molecule has 4 nitrogen and oxygen atoms in total. The zero-order chi connectivity index (χ0) is 21.4. The van der Waals surface area contributed by atoms with Gasteiger partial charge in [-0.2, -0.15) is 0 Å². The molecule has 5 aromatic rings. The van der Waals surface area contributed by atoms with E-state index in [9.17, 15) is 9.59 Å². The van der Waals surface area contributed by atoms with Gasteiger partial charge in [-0.1, -0.05) is 72.8 Å². The molecule has 0 bridgehead atoms. The van der Waals surface area contributed by atoms with Crippen LogP contribution in [0.25, 0.3) is 32.4 Å². The average molecular weight is 407 g/mol. The van der Waals surface area contributed by atoms with Crippen molar-refractivity contribution in [3.05, 3.63) is 106 Å². The molecule has 1 aromatic heterocycles. The van der Waals surface area contributed by atoms with Crippen molar-refractivity contribution in [2.45, 2.75) is 13.5 Å². The topological polar surface area (TPSA) is 48.3 Å². The Morgan fingerprint density at radius 2 is 1.39 bits per heavy atom. The molecule has 4 heteroatoms. The van der Waals surface area contributed by atoms with Crippen LogP contribution in [0.3, 0.4) is 0 Å². The van der Waals surface area contributed by atoms with E-state index >= 15 is 0 Å². The minimum absolute atomic E-state index is 0.0407. The van der Waals surface area contributed by atoms with E-state index in [1.807, 2.05) is 89.5 Å². The fraction of sp³-hybridized carbons (Fsp3) is 0.111. The van der Waals surface area contributed by atoms with E-state index in [0.717, 1.165) is 32.6 Å². The Bertz CT molecular complexity index is 1500. The smallest absolute Gasteiger partial charge is 0.338 e. The van der Waals surface area contributed by atoms with Crippen molar-refractivity contribution in [3.8, 4) is 0 Å². The zero-order valence-corrected chi connectivity index (χ0v) is 17.2. The second-order valence-corrected chi connectivity index (χ2v) is 7.51. The first-order valence-corrected chi connectivity index (χ1v) is 10.4. The fourth-order valence-electron chi connectivity index (χ4n) is 4.30. The first-order chi connectivity index (χ1) is 15.2. The quantitative estimate of drug-likeness (QED) is 0.291. The summed E-state index contributed by atoms with van der Waals surface area (Å²) in [6, 6.07) is 27.1. The summed E-state index contributed by atoms with van der Waals surface area (Å²) in [5.74, 6) is -0.356. The molecule has 0 atom stereocenters. The molecule has 31 heavy (non-hydrogen) atoms. The van der Waals surface area contributed by atoms with Crippen molar-refractivity contribution in [2.75, 3.05) is 6.61 Å². The van der Waals surface area contributed by atoms with Crippen LogP contribution < -0.4 is 5.56 Å². The number of nitrogens with zero attached hydrogens (tertiary/aromatic N) is 1. The van der Waals surface area contributed by atoms with Gasteiger partial charge in [-0.3, -0.25) is 4.79 Å². The van der Waals surface area contributed by atoms with Crippen LogP contribution in [0.1, 0.15) is 22.8 Å². The van der Waals surface area contributed by atoms with Gasteiger partial charge in [0.1, 0.15) is 0 Å². The highest BCUT2D eigenvalue weighted by Gasteiger charge is 2.19. The summed E-state index contributed by atoms with van der Waals surface area (Å²) in [6.45, 7) is 2.55. The first-order valence-electron chi connectivity index (χ1n) is 10.4. The number of carbonyl (C=O) groups is 1. The number of fused-ring (bicyclic) bond motifs is 5. The number of ether oxygens (including phenoxy) is 1. The fourth-order valence-corrected chi connectivity index (χ4v) is 4.30. The third kappa shape index (κ3) is 3.17. The van der Waals surface area contributed by atoms with Crippen molar-refractivity contribution in [1.29, 1.82) is 0 Å². The predicted molar refractivity (Wildman–Crippen MR) is 125 cm³/mol. The second-order valence-electron chi connectivity index (χ2n) is 7.51. The van der Waals surface area contributed by atoms with Gasteiger partial charge in [-0.05, 0) is 35.4 Å². The summed E-state index contributed by atoms with van der Waals surface area (Å²) in [7, 11) is 0. The maximum atomic E-state index is 13.6. The number of aromatic nitrogens is 1. The number of benzene rings is 4. The molecule has 4 aromatic carbocycles. The average Bonchev–Trinajstić information content (AvgIpc) is 2.81. The van der Waals surface area contributed by atoms with Crippen LogP contribution in [-0.2, 0) is 11.3 Å². The van der Waals surface area contributed by atoms with Crippen LogP contribution in [0.5, 0.6) is 0 Å². The van der Waals surface area contributed by atoms with Crippen LogP contribution in [0.2, 0.25) is 0 Å². The summed E-state index contributed by atoms with van der Waals surface area (Å²) < 4.78 is 7.16. The van der Waals surface area contributed by atoms with E-state index in [0.29, 0.717) is 24.1 Å². The highest BCUT2D eigenvalue weighted by Crippen LogP contribution is 2.33. The lowest BCUT2D eigenvalue weighted by Gasteiger charge is -2.17. The molecule has 0 N–H and O–H groups in total. The summed E-state index contributed by atoms with van der Waals surface area (Å²) in [5.41, 5.74) is 2.34. The minimum atomic E-state index is -0.356. The van der Waals surface area contributed by atoms with E-state index in [-0.39, 0.29) is 11.5 Å². The van der Waals surface area contributed by atoms with E-state index in [1.54, 1.807) is 6.92 Å². The van der Waals surface area contributed by atoms with Gasteiger partial charge in [-0.15, -0.1) is 0 Å². The van der Waals surface area contributed by atoms with E-state index < -0.39 is 0 Å². The van der Waals surface area contributed by atoms with Gasteiger partial charge in [0, 0.05) is 16.2 Å². The molecule has 0 saturated carbocycles. The molecule has 0 unspecified atom stereocenters. The van der Waals surface area contributed by atoms with Crippen LogP contribution in [-0.4, -0.2) is 17.1 Å². The SMILES string of the molecule is CCOC(=O)c1cc2c3ccccc3c(=O)n(Cc3ccccc3)c2c2ccccc12. The van der Waals surface area contributed by atoms with Crippen molar-refractivity contribution in [3.63, 3.8) is 0 Å².